The fraction of sp³-hybridized carbons (Fsp3) is 0.364. The molecule has 0 aliphatic carbocycles. The van der Waals surface area contributed by atoms with E-state index in [0.717, 1.165) is 0 Å². The van der Waals surface area contributed by atoms with Gasteiger partial charge in [0.2, 0.25) is 0 Å². The predicted molar refractivity (Wildman–Crippen MR) is 61.0 cm³/mol. The molecule has 0 atom stereocenters. The van der Waals surface area contributed by atoms with E-state index in [2.05, 4.69) is 31.1 Å². The van der Waals surface area contributed by atoms with Crippen LogP contribution in [0.5, 0.6) is 0 Å². The van der Waals surface area contributed by atoms with Gasteiger partial charge in [0.25, 0.3) is 0 Å². The molecule has 0 aromatic heterocycles. The lowest BCUT2D eigenvalue weighted by Gasteiger charge is -2.06. The third-order valence-corrected chi connectivity index (χ3v) is 1.30. The molecule has 0 fully saturated rings. The first-order chi connectivity index (χ1) is 6.33. The zero-order valence-corrected chi connectivity index (χ0v) is 9.02. The van der Waals surface area contributed by atoms with Crippen molar-refractivity contribution in [2.45, 2.75) is 27.7 Å². The molecule has 1 heterocycles. The van der Waals surface area contributed by atoms with Crippen molar-refractivity contribution in [2.75, 3.05) is 0 Å². The van der Waals surface area contributed by atoms with Crippen LogP contribution in [0.4, 0.5) is 0 Å². The van der Waals surface area contributed by atoms with Crippen LogP contribution in [0.2, 0.25) is 0 Å². The number of rotatable bonds is 0. The van der Waals surface area contributed by atoms with E-state index in [9.17, 15) is 0 Å². The topological polar surface area (TPSA) is 35.9 Å². The first-order valence-electron chi connectivity index (χ1n) is 4.46. The average molecular weight is 180 g/mol. The second kappa shape index (κ2) is 10.7. The summed E-state index contributed by atoms with van der Waals surface area (Å²) in [7, 11) is 0. The number of hydrogen-bond donors (Lipinski definition) is 2. The molecule has 2 heteroatoms. The number of nitrogens with one attached hydrogen (secondary N) is 2. The maximum Gasteiger partial charge on any atom is 0.0336 e. The SMILES string of the molecule is C/C=C1/C=CC(C)=CN1.C=N.CC. The summed E-state index contributed by atoms with van der Waals surface area (Å²) < 4.78 is 0. The normalized spacial score (nSPS) is 15.7. The monoisotopic (exact) mass is 180 g/mol. The van der Waals surface area contributed by atoms with E-state index in [1.165, 1.54) is 11.3 Å². The van der Waals surface area contributed by atoms with E-state index in [1.807, 2.05) is 33.0 Å². The molecule has 0 unspecified atom stereocenters. The molecular formula is C11H20N2. The molecule has 0 amide bonds. The summed E-state index contributed by atoms with van der Waals surface area (Å²) >= 11 is 0. The molecule has 2 N–H and O–H groups in total. The third-order valence-electron chi connectivity index (χ3n) is 1.30. The van der Waals surface area contributed by atoms with Crippen LogP contribution in [-0.2, 0) is 0 Å². The van der Waals surface area contributed by atoms with E-state index < -0.39 is 0 Å². The van der Waals surface area contributed by atoms with E-state index in [-0.39, 0.29) is 0 Å². The molecular weight excluding hydrogens is 160 g/mol. The number of dihydropyridines is 1. The summed E-state index contributed by atoms with van der Waals surface area (Å²) in [6, 6.07) is 0. The van der Waals surface area contributed by atoms with Gasteiger partial charge in [0.15, 0.2) is 0 Å². The minimum absolute atomic E-state index is 1.17. The second-order valence-corrected chi connectivity index (χ2v) is 2.11. The zero-order chi connectivity index (χ0) is 10.7. The third kappa shape index (κ3) is 7.06. The molecule has 0 saturated heterocycles. The number of allylic oxidation sites excluding steroid dienone is 4. The molecule has 0 saturated carbocycles. The molecule has 1 rings (SSSR count). The Kier molecular flexibility index (Phi) is 11.7. The smallest absolute Gasteiger partial charge is 0.0336 e. The molecule has 13 heavy (non-hydrogen) atoms. The van der Waals surface area contributed by atoms with Gasteiger partial charge in [-0.1, -0.05) is 26.0 Å². The van der Waals surface area contributed by atoms with Gasteiger partial charge in [-0.2, -0.15) is 0 Å². The minimum Gasteiger partial charge on any atom is -0.362 e. The van der Waals surface area contributed by atoms with Crippen LogP contribution in [0.3, 0.4) is 0 Å². The first kappa shape index (κ1) is 14.2. The summed E-state index contributed by atoms with van der Waals surface area (Å²) in [6.07, 6.45) is 8.19. The Labute approximate surface area is 81.6 Å². The lowest BCUT2D eigenvalue weighted by atomic mass is 10.2. The summed E-state index contributed by atoms with van der Waals surface area (Å²) in [6.45, 7) is 10.6. The van der Waals surface area contributed by atoms with Crippen LogP contribution in [0.15, 0.2) is 35.7 Å². The minimum atomic E-state index is 1.17. The van der Waals surface area contributed by atoms with Crippen LogP contribution < -0.4 is 5.32 Å². The van der Waals surface area contributed by atoms with E-state index in [4.69, 9.17) is 5.41 Å². The van der Waals surface area contributed by atoms with Crippen molar-refractivity contribution >= 4 is 6.72 Å². The molecule has 2 nitrogen and oxygen atoms in total. The lowest BCUT2D eigenvalue weighted by molar-refractivity contribution is 1.06. The van der Waals surface area contributed by atoms with Crippen molar-refractivity contribution in [3.63, 3.8) is 0 Å². The van der Waals surface area contributed by atoms with Gasteiger partial charge in [0.1, 0.15) is 0 Å². The second-order valence-electron chi connectivity index (χ2n) is 2.11. The van der Waals surface area contributed by atoms with Gasteiger partial charge in [-0.25, -0.2) is 0 Å². The van der Waals surface area contributed by atoms with Crippen molar-refractivity contribution in [1.29, 1.82) is 5.41 Å². The lowest BCUT2D eigenvalue weighted by Crippen LogP contribution is -2.05. The van der Waals surface area contributed by atoms with Gasteiger partial charge in [-0.15, -0.1) is 0 Å². The highest BCUT2D eigenvalue weighted by atomic mass is 14.8. The Hall–Kier alpha value is -1.31. The standard InChI is InChI=1S/C8H11N.C2H6.CH3N/c1-3-8-5-4-7(2)6-9-8;2*1-2/h3-6,9H,1-2H3;1-2H3;2H,1H2/b8-3-;;. The molecule has 0 radical (unpaired) electrons. The van der Waals surface area contributed by atoms with Crippen molar-refractivity contribution in [3.05, 3.63) is 35.7 Å². The molecule has 1 aliphatic heterocycles. The van der Waals surface area contributed by atoms with Crippen molar-refractivity contribution in [3.8, 4) is 0 Å². The Morgan fingerprint density at radius 3 is 2.15 bits per heavy atom. The maximum absolute atomic E-state index is 5.50. The summed E-state index contributed by atoms with van der Waals surface area (Å²) in [5.41, 5.74) is 2.43. The Morgan fingerprint density at radius 2 is 1.85 bits per heavy atom. The number of hydrogen-bond acceptors (Lipinski definition) is 2. The molecule has 0 spiro atoms. The van der Waals surface area contributed by atoms with Crippen LogP contribution in [0.1, 0.15) is 27.7 Å². The van der Waals surface area contributed by atoms with Gasteiger partial charge in [-0.05, 0) is 32.2 Å². The van der Waals surface area contributed by atoms with Crippen LogP contribution in [-0.4, -0.2) is 6.72 Å². The average Bonchev–Trinajstić information content (AvgIpc) is 2.25. The molecule has 1 aliphatic rings. The van der Waals surface area contributed by atoms with Gasteiger partial charge >= 0.3 is 0 Å². The predicted octanol–water partition coefficient (Wildman–Crippen LogP) is 3.25. The Bertz CT molecular complexity index is 200. The van der Waals surface area contributed by atoms with E-state index in [0.29, 0.717) is 0 Å². The van der Waals surface area contributed by atoms with Crippen molar-refractivity contribution in [1.82, 2.24) is 5.32 Å². The van der Waals surface area contributed by atoms with Gasteiger partial charge < -0.3 is 10.7 Å². The fourth-order valence-corrected chi connectivity index (χ4v) is 0.694. The molecule has 0 aromatic carbocycles. The summed E-state index contributed by atoms with van der Waals surface area (Å²) in [4.78, 5) is 0. The maximum atomic E-state index is 5.50. The van der Waals surface area contributed by atoms with Crippen LogP contribution in [0.25, 0.3) is 0 Å². The van der Waals surface area contributed by atoms with E-state index in [1.54, 1.807) is 0 Å². The fourth-order valence-electron chi connectivity index (χ4n) is 0.694. The molecule has 74 valence electrons. The summed E-state index contributed by atoms with van der Waals surface area (Å²) in [5, 5.41) is 8.63. The van der Waals surface area contributed by atoms with Gasteiger partial charge in [0.05, 0.1) is 0 Å². The quantitative estimate of drug-likeness (QED) is 0.551. The van der Waals surface area contributed by atoms with Crippen LogP contribution in [0, 0.1) is 5.41 Å². The molecule has 0 bridgehead atoms. The van der Waals surface area contributed by atoms with Crippen molar-refractivity contribution < 1.29 is 0 Å². The van der Waals surface area contributed by atoms with Gasteiger partial charge in [0, 0.05) is 11.9 Å². The highest BCUT2D eigenvalue weighted by Crippen LogP contribution is 2.03. The zero-order valence-electron chi connectivity index (χ0n) is 9.02. The van der Waals surface area contributed by atoms with Crippen LogP contribution >= 0.6 is 0 Å². The summed E-state index contributed by atoms with van der Waals surface area (Å²) in [5.74, 6) is 0. The highest BCUT2D eigenvalue weighted by molar-refractivity contribution is 5.31. The molecule has 0 aromatic rings. The van der Waals surface area contributed by atoms with Gasteiger partial charge in [-0.3, -0.25) is 0 Å². The van der Waals surface area contributed by atoms with E-state index >= 15 is 0 Å². The Morgan fingerprint density at radius 1 is 1.31 bits per heavy atom. The largest absolute Gasteiger partial charge is 0.362 e. The first-order valence-corrected chi connectivity index (χ1v) is 4.46. The highest BCUT2D eigenvalue weighted by Gasteiger charge is 1.91. The Balaban J connectivity index is 0. The van der Waals surface area contributed by atoms with Crippen molar-refractivity contribution in [2.24, 2.45) is 0 Å².